The second-order valence-electron chi connectivity index (χ2n) is 6.76. The van der Waals surface area contributed by atoms with Gasteiger partial charge in [0.15, 0.2) is 0 Å². The number of likely N-dealkylation sites (tertiary alicyclic amines) is 1. The minimum absolute atomic E-state index is 0.0460. The first kappa shape index (κ1) is 16.9. The van der Waals surface area contributed by atoms with Gasteiger partial charge in [-0.1, -0.05) is 0 Å². The first-order valence-electron chi connectivity index (χ1n) is 8.46. The van der Waals surface area contributed by atoms with Crippen LogP contribution in [-0.2, 0) is 11.3 Å². The molecule has 0 radical (unpaired) electrons. The number of amides is 1. The Balaban J connectivity index is 1.51. The summed E-state index contributed by atoms with van der Waals surface area (Å²) >= 11 is 0. The van der Waals surface area contributed by atoms with Crippen LogP contribution in [0.15, 0.2) is 18.2 Å². The third-order valence-corrected chi connectivity index (χ3v) is 4.84. The summed E-state index contributed by atoms with van der Waals surface area (Å²) in [7, 11) is 0. The summed E-state index contributed by atoms with van der Waals surface area (Å²) in [6, 6.07) is 6.66. The Morgan fingerprint density at radius 2 is 2.08 bits per heavy atom. The maximum atomic E-state index is 13.9. The van der Waals surface area contributed by atoms with Crippen LogP contribution >= 0.6 is 0 Å². The normalized spacial score (nSPS) is 20.4. The zero-order valence-corrected chi connectivity index (χ0v) is 13.5. The van der Waals surface area contributed by atoms with Gasteiger partial charge in [0, 0.05) is 18.2 Å². The van der Waals surface area contributed by atoms with Crippen molar-refractivity contribution in [2.24, 2.45) is 5.92 Å². The maximum Gasteiger partial charge on any atom is 0.249 e. The molecule has 1 amide bonds. The molecular formula is C18H22FN3O2. The van der Waals surface area contributed by atoms with Crippen molar-refractivity contribution in [3.05, 3.63) is 35.1 Å². The second kappa shape index (κ2) is 7.29. The molecule has 1 heterocycles. The van der Waals surface area contributed by atoms with E-state index >= 15 is 0 Å². The van der Waals surface area contributed by atoms with Gasteiger partial charge in [-0.05, 0) is 62.9 Å². The summed E-state index contributed by atoms with van der Waals surface area (Å²) in [6.07, 6.45) is 2.47. The molecule has 1 atom stereocenters. The van der Waals surface area contributed by atoms with E-state index < -0.39 is 6.10 Å². The molecule has 2 N–H and O–H groups in total. The highest BCUT2D eigenvalue weighted by Crippen LogP contribution is 2.25. The number of carbonyl (C=O) groups excluding carboxylic acids is 1. The highest BCUT2D eigenvalue weighted by atomic mass is 19.1. The molecule has 128 valence electrons. The Bertz CT molecular complexity index is 646. The van der Waals surface area contributed by atoms with Crippen LogP contribution in [0.4, 0.5) is 4.39 Å². The zero-order chi connectivity index (χ0) is 17.1. The van der Waals surface area contributed by atoms with Gasteiger partial charge in [0.1, 0.15) is 11.9 Å². The standard InChI is InChI=1S/C18H22FN3O2/c19-16-4-1-12(10-20)9-14(16)11-22-7-5-13(6-8-22)17(23)18(24)21-15-2-3-15/h1,4,9,13,15,17,23H,2-3,5-8,11H2,(H,21,24)/t17-/m1/s1. The summed E-state index contributed by atoms with van der Waals surface area (Å²) in [5.74, 6) is -0.612. The van der Waals surface area contributed by atoms with E-state index in [0.717, 1.165) is 12.8 Å². The predicted octanol–water partition coefficient (Wildman–Crippen LogP) is 1.55. The fourth-order valence-corrected chi connectivity index (χ4v) is 3.16. The molecule has 0 spiro atoms. The molecule has 2 fully saturated rings. The van der Waals surface area contributed by atoms with Gasteiger partial charge in [0.25, 0.3) is 0 Å². The zero-order valence-electron chi connectivity index (χ0n) is 13.5. The highest BCUT2D eigenvalue weighted by molar-refractivity contribution is 5.81. The molecular weight excluding hydrogens is 309 g/mol. The number of nitriles is 1. The van der Waals surface area contributed by atoms with Crippen LogP contribution < -0.4 is 5.32 Å². The molecule has 1 aliphatic carbocycles. The molecule has 0 bridgehead atoms. The Hall–Kier alpha value is -1.97. The van der Waals surface area contributed by atoms with E-state index in [1.165, 1.54) is 12.1 Å². The van der Waals surface area contributed by atoms with Crippen molar-refractivity contribution in [1.82, 2.24) is 10.2 Å². The smallest absolute Gasteiger partial charge is 0.249 e. The lowest BCUT2D eigenvalue weighted by Gasteiger charge is -2.33. The van der Waals surface area contributed by atoms with Crippen molar-refractivity contribution >= 4 is 5.91 Å². The average molecular weight is 331 g/mol. The fourth-order valence-electron chi connectivity index (χ4n) is 3.16. The Kier molecular flexibility index (Phi) is 5.12. The molecule has 1 saturated heterocycles. The van der Waals surface area contributed by atoms with E-state index in [0.29, 0.717) is 43.6 Å². The van der Waals surface area contributed by atoms with Gasteiger partial charge in [-0.15, -0.1) is 0 Å². The quantitative estimate of drug-likeness (QED) is 0.858. The summed E-state index contributed by atoms with van der Waals surface area (Å²) < 4.78 is 13.9. The van der Waals surface area contributed by atoms with Crippen molar-refractivity contribution in [1.29, 1.82) is 5.26 Å². The Morgan fingerprint density at radius 1 is 1.38 bits per heavy atom. The summed E-state index contributed by atoms with van der Waals surface area (Å²) in [6.45, 7) is 1.85. The van der Waals surface area contributed by atoms with Gasteiger partial charge in [0.2, 0.25) is 5.91 Å². The number of hydrogen-bond acceptors (Lipinski definition) is 4. The van der Waals surface area contributed by atoms with Crippen molar-refractivity contribution in [3.63, 3.8) is 0 Å². The lowest BCUT2D eigenvalue weighted by Crippen LogP contribution is -2.45. The number of aliphatic hydroxyl groups excluding tert-OH is 1. The van der Waals surface area contributed by atoms with Gasteiger partial charge in [0.05, 0.1) is 11.6 Å². The second-order valence-corrected chi connectivity index (χ2v) is 6.76. The number of carbonyl (C=O) groups is 1. The van der Waals surface area contributed by atoms with E-state index in [2.05, 4.69) is 10.2 Å². The molecule has 0 aromatic heterocycles. The molecule has 5 nitrogen and oxygen atoms in total. The van der Waals surface area contributed by atoms with E-state index in [4.69, 9.17) is 5.26 Å². The van der Waals surface area contributed by atoms with E-state index in [1.807, 2.05) is 6.07 Å². The first-order chi connectivity index (χ1) is 11.6. The van der Waals surface area contributed by atoms with Crippen LogP contribution in [0.5, 0.6) is 0 Å². The fraction of sp³-hybridized carbons (Fsp3) is 0.556. The number of rotatable bonds is 5. The number of halogens is 1. The molecule has 1 aliphatic heterocycles. The number of nitrogens with one attached hydrogen (secondary N) is 1. The van der Waals surface area contributed by atoms with Gasteiger partial charge < -0.3 is 10.4 Å². The molecule has 2 aliphatic rings. The minimum Gasteiger partial charge on any atom is -0.383 e. The van der Waals surface area contributed by atoms with E-state index in [9.17, 15) is 14.3 Å². The van der Waals surface area contributed by atoms with Crippen LogP contribution in [0, 0.1) is 23.1 Å². The van der Waals surface area contributed by atoms with E-state index in [-0.39, 0.29) is 23.7 Å². The number of piperidine rings is 1. The predicted molar refractivity (Wildman–Crippen MR) is 86.3 cm³/mol. The maximum absolute atomic E-state index is 13.9. The third-order valence-electron chi connectivity index (χ3n) is 4.84. The summed E-state index contributed by atoms with van der Waals surface area (Å²) in [4.78, 5) is 14.0. The minimum atomic E-state index is -0.952. The Morgan fingerprint density at radius 3 is 2.71 bits per heavy atom. The molecule has 1 saturated carbocycles. The monoisotopic (exact) mass is 331 g/mol. The molecule has 1 aromatic carbocycles. The van der Waals surface area contributed by atoms with E-state index in [1.54, 1.807) is 6.07 Å². The number of benzene rings is 1. The number of hydrogen-bond donors (Lipinski definition) is 2. The molecule has 24 heavy (non-hydrogen) atoms. The molecule has 0 unspecified atom stereocenters. The van der Waals surface area contributed by atoms with Crippen LogP contribution in [0.25, 0.3) is 0 Å². The SMILES string of the molecule is N#Cc1ccc(F)c(CN2CCC([C@@H](O)C(=O)NC3CC3)CC2)c1. The van der Waals surface area contributed by atoms with Gasteiger partial charge in [-0.2, -0.15) is 5.26 Å². The van der Waals surface area contributed by atoms with Crippen molar-refractivity contribution in [2.45, 2.75) is 44.4 Å². The van der Waals surface area contributed by atoms with Gasteiger partial charge in [-0.25, -0.2) is 4.39 Å². The summed E-state index contributed by atoms with van der Waals surface area (Å²) in [5.41, 5.74) is 0.966. The van der Waals surface area contributed by atoms with Crippen LogP contribution in [0.2, 0.25) is 0 Å². The third kappa shape index (κ3) is 4.11. The van der Waals surface area contributed by atoms with Crippen molar-refractivity contribution < 1.29 is 14.3 Å². The average Bonchev–Trinajstić information content (AvgIpc) is 3.41. The van der Waals surface area contributed by atoms with Crippen LogP contribution in [-0.4, -0.2) is 41.1 Å². The van der Waals surface area contributed by atoms with Gasteiger partial charge in [-0.3, -0.25) is 9.69 Å². The van der Waals surface area contributed by atoms with Crippen molar-refractivity contribution in [2.75, 3.05) is 13.1 Å². The molecule has 3 rings (SSSR count). The first-order valence-corrected chi connectivity index (χ1v) is 8.46. The number of nitrogens with zero attached hydrogens (tertiary/aromatic N) is 2. The lowest BCUT2D eigenvalue weighted by molar-refractivity contribution is -0.133. The van der Waals surface area contributed by atoms with Crippen LogP contribution in [0.3, 0.4) is 0 Å². The lowest BCUT2D eigenvalue weighted by atomic mass is 9.90. The highest BCUT2D eigenvalue weighted by Gasteiger charge is 2.33. The molecule has 6 heteroatoms. The topological polar surface area (TPSA) is 76.4 Å². The Labute approximate surface area is 141 Å². The van der Waals surface area contributed by atoms with Crippen LogP contribution in [0.1, 0.15) is 36.8 Å². The largest absolute Gasteiger partial charge is 0.383 e. The van der Waals surface area contributed by atoms with Gasteiger partial charge >= 0.3 is 0 Å². The van der Waals surface area contributed by atoms with Crippen molar-refractivity contribution in [3.8, 4) is 6.07 Å². The molecule has 1 aromatic rings. The summed E-state index contributed by atoms with van der Waals surface area (Å²) in [5, 5.41) is 21.9. The number of aliphatic hydroxyl groups is 1.